The van der Waals surface area contributed by atoms with Gasteiger partial charge in [-0.15, -0.1) is 0 Å². The maximum absolute atomic E-state index is 11.8. The van der Waals surface area contributed by atoms with Gasteiger partial charge in [0, 0.05) is 0 Å². The monoisotopic (exact) mass is 220 g/mol. The Balaban J connectivity index is 2.53. The Morgan fingerprint density at radius 1 is 1.44 bits per heavy atom. The summed E-state index contributed by atoms with van der Waals surface area (Å²) in [4.78, 5) is 11.8. The van der Waals surface area contributed by atoms with E-state index >= 15 is 0 Å². The SMILES string of the molecule is CCOC(=O)c1c(O)cc(C)c2c1CCC2. The van der Waals surface area contributed by atoms with E-state index < -0.39 is 5.97 Å². The molecule has 3 nitrogen and oxygen atoms in total. The molecule has 0 radical (unpaired) electrons. The smallest absolute Gasteiger partial charge is 0.342 e. The zero-order chi connectivity index (χ0) is 11.7. The van der Waals surface area contributed by atoms with E-state index in [4.69, 9.17) is 4.74 Å². The van der Waals surface area contributed by atoms with E-state index in [9.17, 15) is 9.90 Å². The van der Waals surface area contributed by atoms with Gasteiger partial charge < -0.3 is 9.84 Å². The average molecular weight is 220 g/mol. The summed E-state index contributed by atoms with van der Waals surface area (Å²) in [5, 5.41) is 9.85. The van der Waals surface area contributed by atoms with Gasteiger partial charge in [-0.3, -0.25) is 0 Å². The molecule has 0 bridgehead atoms. The van der Waals surface area contributed by atoms with Gasteiger partial charge in [0.25, 0.3) is 0 Å². The Morgan fingerprint density at radius 2 is 2.12 bits per heavy atom. The summed E-state index contributed by atoms with van der Waals surface area (Å²) < 4.78 is 4.97. The van der Waals surface area contributed by atoms with Gasteiger partial charge in [0.05, 0.1) is 6.61 Å². The average Bonchev–Trinajstić information content (AvgIpc) is 2.66. The summed E-state index contributed by atoms with van der Waals surface area (Å²) in [7, 11) is 0. The number of aryl methyl sites for hydroxylation is 1. The standard InChI is InChI=1S/C13H16O3/c1-3-16-13(15)12-10-6-4-5-9(10)8(2)7-11(12)14/h7,14H,3-6H2,1-2H3. The number of rotatable bonds is 2. The van der Waals surface area contributed by atoms with Crippen LogP contribution in [-0.2, 0) is 17.6 Å². The molecule has 0 amide bonds. The zero-order valence-electron chi connectivity index (χ0n) is 9.67. The molecule has 86 valence electrons. The first-order valence-electron chi connectivity index (χ1n) is 5.66. The lowest BCUT2D eigenvalue weighted by Crippen LogP contribution is -2.09. The Hall–Kier alpha value is -1.51. The molecule has 0 aliphatic heterocycles. The molecule has 0 atom stereocenters. The fourth-order valence-electron chi connectivity index (χ4n) is 2.40. The number of ether oxygens (including phenoxy) is 1. The first-order valence-corrected chi connectivity index (χ1v) is 5.66. The van der Waals surface area contributed by atoms with Crippen LogP contribution in [0.15, 0.2) is 6.07 Å². The molecular formula is C13H16O3. The number of phenols is 1. The van der Waals surface area contributed by atoms with Crippen LogP contribution in [-0.4, -0.2) is 17.7 Å². The topological polar surface area (TPSA) is 46.5 Å². The number of hydrogen-bond donors (Lipinski definition) is 1. The van der Waals surface area contributed by atoms with Crippen molar-refractivity contribution < 1.29 is 14.6 Å². The van der Waals surface area contributed by atoms with Crippen molar-refractivity contribution in [3.63, 3.8) is 0 Å². The fraction of sp³-hybridized carbons (Fsp3) is 0.462. The van der Waals surface area contributed by atoms with E-state index in [-0.39, 0.29) is 5.75 Å². The number of esters is 1. The highest BCUT2D eigenvalue weighted by Gasteiger charge is 2.25. The van der Waals surface area contributed by atoms with Gasteiger partial charge in [-0.05, 0) is 55.9 Å². The number of aromatic hydroxyl groups is 1. The molecule has 0 unspecified atom stereocenters. The van der Waals surface area contributed by atoms with Gasteiger partial charge in [-0.25, -0.2) is 4.79 Å². The van der Waals surface area contributed by atoms with Crippen molar-refractivity contribution >= 4 is 5.97 Å². The minimum atomic E-state index is -0.404. The second kappa shape index (κ2) is 4.16. The van der Waals surface area contributed by atoms with Crippen molar-refractivity contribution in [2.75, 3.05) is 6.61 Å². The van der Waals surface area contributed by atoms with Crippen molar-refractivity contribution in [3.8, 4) is 5.75 Å². The van der Waals surface area contributed by atoms with Crippen molar-refractivity contribution in [1.82, 2.24) is 0 Å². The van der Waals surface area contributed by atoms with Crippen LogP contribution in [0.2, 0.25) is 0 Å². The molecule has 1 aliphatic carbocycles. The largest absolute Gasteiger partial charge is 0.507 e. The van der Waals surface area contributed by atoms with Crippen molar-refractivity contribution in [2.45, 2.75) is 33.1 Å². The molecule has 0 spiro atoms. The Morgan fingerprint density at radius 3 is 2.81 bits per heavy atom. The van der Waals surface area contributed by atoms with Gasteiger partial charge in [-0.1, -0.05) is 0 Å². The molecule has 0 saturated heterocycles. The van der Waals surface area contributed by atoms with Crippen molar-refractivity contribution in [2.24, 2.45) is 0 Å². The Kier molecular flexibility index (Phi) is 2.86. The molecule has 0 heterocycles. The third kappa shape index (κ3) is 1.66. The molecule has 0 fully saturated rings. The van der Waals surface area contributed by atoms with Crippen LogP contribution in [0.5, 0.6) is 5.75 Å². The molecule has 1 aromatic rings. The predicted octanol–water partition coefficient (Wildman–Crippen LogP) is 2.37. The highest BCUT2D eigenvalue weighted by molar-refractivity contribution is 5.95. The van der Waals surface area contributed by atoms with Crippen LogP contribution in [0.1, 0.15) is 40.4 Å². The minimum Gasteiger partial charge on any atom is -0.507 e. The second-order valence-corrected chi connectivity index (χ2v) is 4.12. The third-order valence-electron chi connectivity index (χ3n) is 3.08. The molecule has 0 saturated carbocycles. The van der Waals surface area contributed by atoms with Crippen LogP contribution in [0.25, 0.3) is 0 Å². The molecule has 0 aromatic heterocycles. The fourth-order valence-corrected chi connectivity index (χ4v) is 2.40. The van der Waals surface area contributed by atoms with Crippen LogP contribution in [0.4, 0.5) is 0 Å². The summed E-state index contributed by atoms with van der Waals surface area (Å²) in [5.74, 6) is -0.352. The van der Waals surface area contributed by atoms with Crippen molar-refractivity contribution in [1.29, 1.82) is 0 Å². The first-order chi connectivity index (χ1) is 7.65. The number of carbonyl (C=O) groups is 1. The predicted molar refractivity (Wildman–Crippen MR) is 60.8 cm³/mol. The molecule has 2 rings (SSSR count). The van der Waals surface area contributed by atoms with E-state index in [1.165, 1.54) is 5.56 Å². The van der Waals surface area contributed by atoms with E-state index in [0.29, 0.717) is 12.2 Å². The lowest BCUT2D eigenvalue weighted by atomic mass is 9.98. The first kappa shape index (κ1) is 11.0. The van der Waals surface area contributed by atoms with Crippen LogP contribution < -0.4 is 0 Å². The minimum absolute atomic E-state index is 0.0524. The Labute approximate surface area is 95.0 Å². The van der Waals surface area contributed by atoms with Crippen molar-refractivity contribution in [3.05, 3.63) is 28.3 Å². The summed E-state index contributed by atoms with van der Waals surface area (Å²) in [6, 6.07) is 1.66. The number of hydrogen-bond acceptors (Lipinski definition) is 3. The number of phenolic OH excluding ortho intramolecular Hbond substituents is 1. The number of fused-ring (bicyclic) bond motifs is 1. The van der Waals surface area contributed by atoms with E-state index in [1.807, 2.05) is 6.92 Å². The van der Waals surface area contributed by atoms with Gasteiger partial charge in [0.2, 0.25) is 0 Å². The zero-order valence-corrected chi connectivity index (χ0v) is 9.67. The van der Waals surface area contributed by atoms with Crippen LogP contribution in [0.3, 0.4) is 0 Å². The molecule has 1 aliphatic rings. The maximum Gasteiger partial charge on any atom is 0.342 e. The molecule has 1 N–H and O–H groups in total. The van der Waals surface area contributed by atoms with Gasteiger partial charge in [0.15, 0.2) is 0 Å². The normalized spacial score (nSPS) is 13.6. The van der Waals surface area contributed by atoms with E-state index in [2.05, 4.69) is 0 Å². The lowest BCUT2D eigenvalue weighted by molar-refractivity contribution is 0.0522. The molecule has 16 heavy (non-hydrogen) atoms. The highest BCUT2D eigenvalue weighted by atomic mass is 16.5. The summed E-state index contributed by atoms with van der Waals surface area (Å²) in [6.07, 6.45) is 2.90. The molecule has 3 heteroatoms. The number of benzene rings is 1. The quantitative estimate of drug-likeness (QED) is 0.778. The highest BCUT2D eigenvalue weighted by Crippen LogP contribution is 2.34. The van der Waals surface area contributed by atoms with Gasteiger partial charge in [-0.2, -0.15) is 0 Å². The second-order valence-electron chi connectivity index (χ2n) is 4.12. The molecule has 1 aromatic carbocycles. The van der Waals surface area contributed by atoms with E-state index in [0.717, 1.165) is 30.4 Å². The van der Waals surface area contributed by atoms with Gasteiger partial charge in [0.1, 0.15) is 11.3 Å². The summed E-state index contributed by atoms with van der Waals surface area (Å²) in [6.45, 7) is 4.07. The lowest BCUT2D eigenvalue weighted by Gasteiger charge is -2.12. The molecular weight excluding hydrogens is 204 g/mol. The number of carbonyl (C=O) groups excluding carboxylic acids is 1. The summed E-state index contributed by atoms with van der Waals surface area (Å²) in [5.41, 5.74) is 3.63. The van der Waals surface area contributed by atoms with E-state index in [1.54, 1.807) is 13.0 Å². The summed E-state index contributed by atoms with van der Waals surface area (Å²) >= 11 is 0. The maximum atomic E-state index is 11.8. The third-order valence-corrected chi connectivity index (χ3v) is 3.08. The van der Waals surface area contributed by atoms with Crippen LogP contribution >= 0.6 is 0 Å². The van der Waals surface area contributed by atoms with Crippen LogP contribution in [0, 0.1) is 6.92 Å². The Bertz CT molecular complexity index is 435. The van der Waals surface area contributed by atoms with Gasteiger partial charge >= 0.3 is 5.97 Å².